The van der Waals surface area contributed by atoms with Gasteiger partial charge in [-0.05, 0) is 42.0 Å². The Kier molecular flexibility index (Phi) is 8.78. The number of rotatable bonds is 9. The number of sulfonamides is 1. The molecule has 32 heavy (non-hydrogen) atoms. The van der Waals surface area contributed by atoms with Crippen molar-refractivity contribution in [1.29, 1.82) is 5.26 Å². The van der Waals surface area contributed by atoms with E-state index >= 15 is 0 Å². The first-order valence-corrected chi connectivity index (χ1v) is 10.9. The summed E-state index contributed by atoms with van der Waals surface area (Å²) in [6, 6.07) is 12.5. The highest BCUT2D eigenvalue weighted by Gasteiger charge is 2.21. The average Bonchev–Trinajstić information content (AvgIpc) is 2.76. The molecule has 11 heteroatoms. The Morgan fingerprint density at radius 2 is 1.88 bits per heavy atom. The van der Waals surface area contributed by atoms with Crippen LogP contribution in [-0.4, -0.2) is 51.9 Å². The smallest absolute Gasteiger partial charge is 0.331 e. The molecule has 0 spiro atoms. The van der Waals surface area contributed by atoms with Crippen molar-refractivity contribution in [2.45, 2.75) is 4.90 Å². The third-order valence-corrected chi connectivity index (χ3v) is 6.21. The van der Waals surface area contributed by atoms with Gasteiger partial charge in [0, 0.05) is 25.9 Å². The number of nitriles is 1. The highest BCUT2D eigenvalue weighted by molar-refractivity contribution is 7.89. The first kappa shape index (κ1) is 24.9. The molecule has 0 saturated carbocycles. The summed E-state index contributed by atoms with van der Waals surface area (Å²) in [5, 5.41) is 10.9. The SMILES string of the molecule is CN(C)S(=O)(=O)c1cc(NC(=O)COC(=O)/C=C/c2ccc(OCC#N)cc2)ccc1Cl. The number of nitrogens with zero attached hydrogens (tertiary/aromatic N) is 2. The van der Waals surface area contributed by atoms with E-state index in [0.29, 0.717) is 11.3 Å². The molecule has 0 aromatic heterocycles. The van der Waals surface area contributed by atoms with Crippen molar-refractivity contribution in [2.24, 2.45) is 0 Å². The lowest BCUT2D eigenvalue weighted by Crippen LogP contribution is -2.23. The number of ether oxygens (including phenoxy) is 2. The van der Waals surface area contributed by atoms with Gasteiger partial charge in [-0.25, -0.2) is 17.5 Å². The van der Waals surface area contributed by atoms with Gasteiger partial charge < -0.3 is 14.8 Å². The van der Waals surface area contributed by atoms with Gasteiger partial charge in [-0.1, -0.05) is 23.7 Å². The monoisotopic (exact) mass is 477 g/mol. The van der Waals surface area contributed by atoms with Crippen molar-refractivity contribution >= 4 is 45.3 Å². The summed E-state index contributed by atoms with van der Waals surface area (Å²) in [5.41, 5.74) is 0.872. The Bertz CT molecular complexity index is 1160. The topological polar surface area (TPSA) is 126 Å². The molecule has 1 amide bonds. The zero-order valence-electron chi connectivity index (χ0n) is 17.2. The van der Waals surface area contributed by atoms with E-state index in [1.807, 2.05) is 6.07 Å². The second-order valence-electron chi connectivity index (χ2n) is 6.44. The predicted molar refractivity (Wildman–Crippen MR) is 118 cm³/mol. The van der Waals surface area contributed by atoms with Crippen LogP contribution in [0.1, 0.15) is 5.56 Å². The molecule has 0 bridgehead atoms. The molecule has 2 aromatic carbocycles. The normalized spacial score (nSPS) is 11.2. The average molecular weight is 478 g/mol. The molecule has 0 heterocycles. The number of carbonyl (C=O) groups is 2. The molecule has 0 atom stereocenters. The Morgan fingerprint density at radius 3 is 2.50 bits per heavy atom. The molecule has 0 aliphatic heterocycles. The molecule has 2 rings (SSSR count). The number of anilines is 1. The maximum Gasteiger partial charge on any atom is 0.331 e. The van der Waals surface area contributed by atoms with Crippen LogP contribution in [0.25, 0.3) is 6.08 Å². The molecular formula is C21H20ClN3O6S. The largest absolute Gasteiger partial charge is 0.479 e. The van der Waals surface area contributed by atoms with Crippen LogP contribution in [0.15, 0.2) is 53.4 Å². The second-order valence-corrected chi connectivity index (χ2v) is 8.97. The van der Waals surface area contributed by atoms with Crippen LogP contribution < -0.4 is 10.1 Å². The van der Waals surface area contributed by atoms with E-state index in [1.165, 1.54) is 38.4 Å². The number of esters is 1. The van der Waals surface area contributed by atoms with Gasteiger partial charge in [0.25, 0.3) is 5.91 Å². The van der Waals surface area contributed by atoms with E-state index in [-0.39, 0.29) is 22.2 Å². The number of halogens is 1. The number of hydrogen-bond acceptors (Lipinski definition) is 7. The summed E-state index contributed by atoms with van der Waals surface area (Å²) in [6.07, 6.45) is 2.65. The summed E-state index contributed by atoms with van der Waals surface area (Å²) in [7, 11) is -1.08. The van der Waals surface area contributed by atoms with E-state index < -0.39 is 28.5 Å². The molecule has 0 unspecified atom stereocenters. The highest BCUT2D eigenvalue weighted by Crippen LogP contribution is 2.26. The predicted octanol–water partition coefficient (Wildman–Crippen LogP) is 2.69. The van der Waals surface area contributed by atoms with Crippen LogP contribution in [-0.2, 0) is 24.3 Å². The second kappa shape index (κ2) is 11.3. The van der Waals surface area contributed by atoms with Crippen molar-refractivity contribution in [2.75, 3.05) is 32.6 Å². The van der Waals surface area contributed by atoms with Crippen LogP contribution in [0.5, 0.6) is 5.75 Å². The third kappa shape index (κ3) is 7.09. The van der Waals surface area contributed by atoms with E-state index in [2.05, 4.69) is 5.32 Å². The van der Waals surface area contributed by atoms with Gasteiger partial charge in [0.1, 0.15) is 16.7 Å². The molecule has 0 saturated heterocycles. The molecule has 0 aliphatic carbocycles. The lowest BCUT2D eigenvalue weighted by molar-refractivity contribution is -0.142. The van der Waals surface area contributed by atoms with Crippen molar-refractivity contribution < 1.29 is 27.5 Å². The maximum atomic E-state index is 12.3. The molecule has 0 aliphatic rings. The Balaban J connectivity index is 1.91. The van der Waals surface area contributed by atoms with Gasteiger partial charge in [0.2, 0.25) is 10.0 Å². The van der Waals surface area contributed by atoms with Gasteiger partial charge in [0.05, 0.1) is 5.02 Å². The molecule has 168 valence electrons. The van der Waals surface area contributed by atoms with E-state index in [0.717, 1.165) is 10.4 Å². The maximum absolute atomic E-state index is 12.3. The van der Waals surface area contributed by atoms with Crippen LogP contribution in [0.4, 0.5) is 5.69 Å². The molecule has 9 nitrogen and oxygen atoms in total. The summed E-state index contributed by atoms with van der Waals surface area (Å²) in [4.78, 5) is 23.7. The summed E-state index contributed by atoms with van der Waals surface area (Å²) in [5.74, 6) is -0.870. The first-order valence-electron chi connectivity index (χ1n) is 9.10. The first-order chi connectivity index (χ1) is 15.1. The van der Waals surface area contributed by atoms with Crippen LogP contribution >= 0.6 is 11.6 Å². The number of nitrogens with one attached hydrogen (secondary N) is 1. The number of hydrogen-bond donors (Lipinski definition) is 1. The number of benzene rings is 2. The van der Waals surface area contributed by atoms with Crippen LogP contribution in [0.3, 0.4) is 0 Å². The van der Waals surface area contributed by atoms with Gasteiger partial charge in [-0.2, -0.15) is 5.26 Å². The molecular weight excluding hydrogens is 458 g/mol. The summed E-state index contributed by atoms with van der Waals surface area (Å²) in [6.45, 7) is -0.630. The Morgan fingerprint density at radius 1 is 1.19 bits per heavy atom. The fraction of sp³-hybridized carbons (Fsp3) is 0.190. The minimum absolute atomic E-state index is 0.0120. The molecule has 1 N–H and O–H groups in total. The van der Waals surface area contributed by atoms with Crippen molar-refractivity contribution in [3.63, 3.8) is 0 Å². The van der Waals surface area contributed by atoms with Gasteiger partial charge in [-0.3, -0.25) is 4.79 Å². The van der Waals surface area contributed by atoms with Crippen molar-refractivity contribution in [3.05, 3.63) is 59.1 Å². The van der Waals surface area contributed by atoms with E-state index in [9.17, 15) is 18.0 Å². The number of carbonyl (C=O) groups excluding carboxylic acids is 2. The fourth-order valence-corrected chi connectivity index (χ4v) is 3.71. The fourth-order valence-electron chi connectivity index (χ4n) is 2.31. The zero-order chi connectivity index (χ0) is 23.7. The molecule has 0 fully saturated rings. The summed E-state index contributed by atoms with van der Waals surface area (Å²) < 4.78 is 35.6. The van der Waals surface area contributed by atoms with Crippen LogP contribution in [0, 0.1) is 11.3 Å². The number of amides is 1. The summed E-state index contributed by atoms with van der Waals surface area (Å²) >= 11 is 5.97. The Labute approximate surface area is 190 Å². The molecule has 0 radical (unpaired) electrons. The lowest BCUT2D eigenvalue weighted by atomic mass is 10.2. The minimum Gasteiger partial charge on any atom is -0.479 e. The third-order valence-electron chi connectivity index (χ3n) is 3.91. The van der Waals surface area contributed by atoms with Crippen LogP contribution in [0.2, 0.25) is 5.02 Å². The van der Waals surface area contributed by atoms with E-state index in [4.69, 9.17) is 26.3 Å². The standard InChI is InChI=1S/C21H20ClN3O6S/c1-25(2)32(28,29)19-13-16(6-9-18(19)22)24-20(26)14-31-21(27)10-5-15-3-7-17(8-4-15)30-12-11-23/h3-10,13H,12,14H2,1-2H3,(H,24,26)/b10-5+. The zero-order valence-corrected chi connectivity index (χ0v) is 18.8. The minimum atomic E-state index is -3.80. The quantitative estimate of drug-likeness (QED) is 0.434. The van der Waals surface area contributed by atoms with E-state index in [1.54, 1.807) is 24.3 Å². The van der Waals surface area contributed by atoms with Gasteiger partial charge in [0.15, 0.2) is 13.2 Å². The highest BCUT2D eigenvalue weighted by atomic mass is 35.5. The Hall–Kier alpha value is -3.39. The van der Waals surface area contributed by atoms with Crippen molar-refractivity contribution in [1.82, 2.24) is 4.31 Å². The molecule has 2 aromatic rings. The van der Waals surface area contributed by atoms with Crippen molar-refractivity contribution in [3.8, 4) is 11.8 Å². The van der Waals surface area contributed by atoms with Gasteiger partial charge >= 0.3 is 5.97 Å². The van der Waals surface area contributed by atoms with Gasteiger partial charge in [-0.15, -0.1) is 0 Å². The lowest BCUT2D eigenvalue weighted by Gasteiger charge is -2.14.